The molecule has 10 heteroatoms. The number of carbonyl (C=O) groups is 1. The molecule has 1 fully saturated rings. The van der Waals surface area contributed by atoms with Crippen LogP contribution in [0.3, 0.4) is 0 Å². The molecule has 0 aromatic heterocycles. The van der Waals surface area contributed by atoms with Crippen molar-refractivity contribution in [3.63, 3.8) is 0 Å². The number of hydrogen-bond donors (Lipinski definition) is 1. The Labute approximate surface area is 145 Å². The highest BCUT2D eigenvalue weighted by Crippen LogP contribution is 2.27. The summed E-state index contributed by atoms with van der Waals surface area (Å²) in [5.41, 5.74) is 0.424. The number of rotatable bonds is 2. The molecule has 1 aromatic carbocycles. The second kappa shape index (κ2) is 7.70. The number of nitrogens with zero attached hydrogens (tertiary/aromatic N) is 2. The van der Waals surface area contributed by atoms with E-state index in [1.165, 1.54) is 18.2 Å². The van der Waals surface area contributed by atoms with Crippen molar-refractivity contribution in [2.24, 2.45) is 0 Å². The van der Waals surface area contributed by atoms with Crippen LogP contribution in [0.25, 0.3) is 0 Å². The van der Waals surface area contributed by atoms with Gasteiger partial charge in [0.25, 0.3) is 9.05 Å². The molecule has 0 atom stereocenters. The molecule has 1 aliphatic rings. The monoisotopic (exact) mass is 387 g/mol. The molecule has 1 heterocycles. The topological polar surface area (TPSA) is 69.7 Å². The van der Waals surface area contributed by atoms with E-state index in [0.717, 1.165) is 13.1 Å². The minimum atomic E-state index is -3.89. The predicted molar refractivity (Wildman–Crippen MR) is 89.8 cm³/mol. The molecule has 22 heavy (non-hydrogen) atoms. The molecule has 2 rings (SSSR count). The van der Waals surface area contributed by atoms with Gasteiger partial charge in [0.15, 0.2) is 0 Å². The van der Waals surface area contributed by atoms with E-state index in [1.807, 2.05) is 7.05 Å². The molecule has 1 saturated heterocycles. The number of likely N-dealkylation sites (N-methyl/N-ethyl adjacent to an activating group) is 1. The molecular weight excluding hydrogens is 373 g/mol. The van der Waals surface area contributed by atoms with Crippen molar-refractivity contribution >= 4 is 55.5 Å². The summed E-state index contributed by atoms with van der Waals surface area (Å²) in [7, 11) is 3.35. The van der Waals surface area contributed by atoms with Crippen LogP contribution in [-0.4, -0.2) is 57.5 Å². The lowest BCUT2D eigenvalue weighted by molar-refractivity contribution is 0.164. The number of nitrogens with one attached hydrogen (secondary N) is 1. The van der Waals surface area contributed by atoms with Gasteiger partial charge in [0.2, 0.25) is 0 Å². The fourth-order valence-electron chi connectivity index (χ4n) is 1.99. The van der Waals surface area contributed by atoms with Crippen LogP contribution in [0.5, 0.6) is 0 Å². The van der Waals surface area contributed by atoms with E-state index in [2.05, 4.69) is 10.2 Å². The highest BCUT2D eigenvalue weighted by molar-refractivity contribution is 8.13. The number of anilines is 1. The van der Waals surface area contributed by atoms with E-state index in [0.29, 0.717) is 18.8 Å². The number of carbonyl (C=O) groups excluding carboxylic acids is 1. The Morgan fingerprint density at radius 2 is 1.82 bits per heavy atom. The predicted octanol–water partition coefficient (Wildman–Crippen LogP) is 2.47. The second-order valence-corrected chi connectivity index (χ2v) is 7.75. The quantitative estimate of drug-likeness (QED) is 0.790. The zero-order valence-electron chi connectivity index (χ0n) is 11.8. The minimum absolute atomic E-state index is 0. The van der Waals surface area contributed by atoms with Gasteiger partial charge in [-0.05, 0) is 25.2 Å². The van der Waals surface area contributed by atoms with Gasteiger partial charge in [-0.15, -0.1) is 12.4 Å². The van der Waals surface area contributed by atoms with Crippen LogP contribution in [-0.2, 0) is 9.05 Å². The summed E-state index contributed by atoms with van der Waals surface area (Å²) in [6, 6.07) is 3.85. The molecule has 0 spiro atoms. The Morgan fingerprint density at radius 1 is 1.23 bits per heavy atom. The van der Waals surface area contributed by atoms with Gasteiger partial charge in [0, 0.05) is 42.5 Å². The Morgan fingerprint density at radius 3 is 2.32 bits per heavy atom. The van der Waals surface area contributed by atoms with Crippen molar-refractivity contribution in [3.8, 4) is 0 Å². The third-order valence-corrected chi connectivity index (χ3v) is 5.04. The maximum atomic E-state index is 12.1. The van der Waals surface area contributed by atoms with Crippen LogP contribution < -0.4 is 5.32 Å². The SMILES string of the molecule is CN1CCN(C(=O)Nc2ccc(S(=O)(=O)Cl)c(Cl)c2)CC1.Cl. The van der Waals surface area contributed by atoms with Gasteiger partial charge < -0.3 is 15.1 Å². The van der Waals surface area contributed by atoms with Crippen molar-refractivity contribution in [1.29, 1.82) is 0 Å². The normalized spacial score (nSPS) is 16.0. The van der Waals surface area contributed by atoms with Gasteiger partial charge in [-0.25, -0.2) is 13.2 Å². The molecule has 0 saturated carbocycles. The summed E-state index contributed by atoms with van der Waals surface area (Å²) in [4.78, 5) is 15.7. The maximum absolute atomic E-state index is 12.1. The lowest BCUT2D eigenvalue weighted by Gasteiger charge is -2.32. The average molecular weight is 389 g/mol. The van der Waals surface area contributed by atoms with Gasteiger partial charge in [-0.2, -0.15) is 0 Å². The highest BCUT2D eigenvalue weighted by Gasteiger charge is 2.20. The molecule has 0 unspecified atom stereocenters. The van der Waals surface area contributed by atoms with E-state index in [9.17, 15) is 13.2 Å². The average Bonchev–Trinajstić information content (AvgIpc) is 2.37. The smallest absolute Gasteiger partial charge is 0.321 e. The first-order valence-corrected chi connectivity index (χ1v) is 8.95. The lowest BCUT2D eigenvalue weighted by atomic mass is 10.3. The molecule has 1 aliphatic heterocycles. The summed E-state index contributed by atoms with van der Waals surface area (Å²) in [5, 5.41) is 2.67. The van der Waals surface area contributed by atoms with Crippen molar-refractivity contribution in [2.45, 2.75) is 4.90 Å². The molecule has 0 aliphatic carbocycles. The van der Waals surface area contributed by atoms with Crippen LogP contribution in [0, 0.1) is 0 Å². The van der Waals surface area contributed by atoms with Crippen molar-refractivity contribution in [2.75, 3.05) is 38.5 Å². The van der Waals surface area contributed by atoms with Crippen LogP contribution in [0.4, 0.5) is 10.5 Å². The van der Waals surface area contributed by atoms with E-state index < -0.39 is 9.05 Å². The number of amides is 2. The number of hydrogen-bond acceptors (Lipinski definition) is 4. The standard InChI is InChI=1S/C12H15Cl2N3O3S.ClH/c1-16-4-6-17(7-5-16)12(18)15-9-2-3-11(10(13)8-9)21(14,19)20;/h2-3,8H,4-7H2,1H3,(H,15,18);1H. The van der Waals surface area contributed by atoms with E-state index >= 15 is 0 Å². The summed E-state index contributed by atoms with van der Waals surface area (Å²) < 4.78 is 22.5. The minimum Gasteiger partial charge on any atom is -0.322 e. The molecule has 1 aromatic rings. The van der Waals surface area contributed by atoms with E-state index in [1.54, 1.807) is 4.90 Å². The highest BCUT2D eigenvalue weighted by atomic mass is 35.7. The Bertz CT molecular complexity index is 646. The summed E-state index contributed by atoms with van der Waals surface area (Å²) in [6.45, 7) is 2.92. The molecule has 124 valence electrons. The van der Waals surface area contributed by atoms with Gasteiger partial charge >= 0.3 is 6.03 Å². The molecule has 0 bridgehead atoms. The molecule has 1 N–H and O–H groups in total. The summed E-state index contributed by atoms with van der Waals surface area (Å²) in [5.74, 6) is 0. The van der Waals surface area contributed by atoms with Crippen LogP contribution in [0.2, 0.25) is 5.02 Å². The maximum Gasteiger partial charge on any atom is 0.321 e. The summed E-state index contributed by atoms with van der Waals surface area (Å²) in [6.07, 6.45) is 0. The van der Waals surface area contributed by atoms with Gasteiger partial charge in [0.1, 0.15) is 4.90 Å². The van der Waals surface area contributed by atoms with Gasteiger partial charge in [0.05, 0.1) is 5.02 Å². The third kappa shape index (κ3) is 4.89. The van der Waals surface area contributed by atoms with Crippen molar-refractivity contribution < 1.29 is 13.2 Å². The Hall–Kier alpha value is -0.730. The zero-order valence-corrected chi connectivity index (χ0v) is 14.9. The lowest BCUT2D eigenvalue weighted by Crippen LogP contribution is -2.48. The number of halogens is 3. The number of piperazine rings is 1. The first-order valence-electron chi connectivity index (χ1n) is 6.26. The fourth-order valence-corrected chi connectivity index (χ4v) is 3.52. The Balaban J connectivity index is 0.00000242. The molecule has 2 amide bonds. The van der Waals surface area contributed by atoms with Gasteiger partial charge in [-0.1, -0.05) is 11.6 Å². The van der Waals surface area contributed by atoms with E-state index in [-0.39, 0.29) is 28.4 Å². The largest absolute Gasteiger partial charge is 0.322 e. The summed E-state index contributed by atoms with van der Waals surface area (Å²) >= 11 is 5.87. The zero-order chi connectivity index (χ0) is 15.6. The van der Waals surface area contributed by atoms with Crippen LogP contribution >= 0.6 is 34.7 Å². The van der Waals surface area contributed by atoms with Crippen molar-refractivity contribution in [3.05, 3.63) is 23.2 Å². The Kier molecular flexibility index (Phi) is 6.76. The van der Waals surface area contributed by atoms with Crippen molar-refractivity contribution in [1.82, 2.24) is 9.80 Å². The second-order valence-electron chi connectivity index (χ2n) is 4.80. The third-order valence-electron chi connectivity index (χ3n) is 3.24. The first kappa shape index (κ1) is 19.3. The number of benzene rings is 1. The molecular formula is C12H16Cl3N3O3S. The van der Waals surface area contributed by atoms with Crippen LogP contribution in [0.1, 0.15) is 0 Å². The van der Waals surface area contributed by atoms with Crippen LogP contribution in [0.15, 0.2) is 23.1 Å². The van der Waals surface area contributed by atoms with E-state index in [4.69, 9.17) is 22.3 Å². The number of urea groups is 1. The molecule has 6 nitrogen and oxygen atoms in total. The first-order chi connectivity index (χ1) is 9.77. The fraction of sp³-hybridized carbons (Fsp3) is 0.417. The molecule has 0 radical (unpaired) electrons. The van der Waals surface area contributed by atoms with Gasteiger partial charge in [-0.3, -0.25) is 0 Å².